The largest absolute Gasteiger partial charge is 0.489 e. The molecule has 0 saturated carbocycles. The molecule has 6 heteroatoms. The second-order valence-corrected chi connectivity index (χ2v) is 4.71. The van der Waals surface area contributed by atoms with Crippen LogP contribution in [-0.2, 0) is 6.54 Å². The van der Waals surface area contributed by atoms with Gasteiger partial charge < -0.3 is 20.4 Å². The molecule has 0 saturated heterocycles. The summed E-state index contributed by atoms with van der Waals surface area (Å²) in [5, 5.41) is 0. The van der Waals surface area contributed by atoms with Gasteiger partial charge in [0.2, 0.25) is 5.75 Å². The molecule has 0 aliphatic carbocycles. The quantitative estimate of drug-likeness (QED) is 0.791. The Hall–Kier alpha value is -2.50. The molecule has 1 aromatic carbocycles. The monoisotopic (exact) mass is 288 g/mol. The predicted molar refractivity (Wildman–Crippen MR) is 83.6 cm³/mol. The molecule has 21 heavy (non-hydrogen) atoms. The van der Waals surface area contributed by atoms with Gasteiger partial charge in [0.05, 0.1) is 13.4 Å². The average Bonchev–Trinajstić information content (AvgIpc) is 2.48. The van der Waals surface area contributed by atoms with Crippen LogP contribution in [0.15, 0.2) is 35.4 Å². The van der Waals surface area contributed by atoms with Gasteiger partial charge in [-0.1, -0.05) is 25.1 Å². The highest BCUT2D eigenvalue weighted by Gasteiger charge is 2.17. The smallest absolute Gasteiger partial charge is 0.295 e. The molecule has 0 radical (unpaired) electrons. The number of nitrogens with two attached hydrogens (primary N) is 1. The lowest BCUT2D eigenvalue weighted by Crippen LogP contribution is -2.27. The summed E-state index contributed by atoms with van der Waals surface area (Å²) in [4.78, 5) is 20.6. The van der Waals surface area contributed by atoms with Crippen LogP contribution in [-0.4, -0.2) is 23.6 Å². The minimum atomic E-state index is -0.287. The van der Waals surface area contributed by atoms with Crippen LogP contribution in [0, 0.1) is 0 Å². The first-order valence-electron chi connectivity index (χ1n) is 6.87. The molecule has 0 aliphatic heterocycles. The number of benzene rings is 1. The number of aromatic nitrogens is 2. The van der Waals surface area contributed by atoms with Crippen molar-refractivity contribution in [1.82, 2.24) is 9.97 Å². The Labute approximate surface area is 123 Å². The van der Waals surface area contributed by atoms with Gasteiger partial charge in [-0.25, -0.2) is 4.98 Å². The van der Waals surface area contributed by atoms with E-state index in [1.807, 2.05) is 29.2 Å². The fraction of sp³-hybridized carbons (Fsp3) is 0.333. The molecule has 0 aliphatic rings. The van der Waals surface area contributed by atoms with Crippen molar-refractivity contribution in [3.05, 3.63) is 46.5 Å². The Balaban J connectivity index is 2.38. The second kappa shape index (κ2) is 6.78. The molecule has 0 unspecified atom stereocenters. The lowest BCUT2D eigenvalue weighted by atomic mass is 10.1. The van der Waals surface area contributed by atoms with Gasteiger partial charge in [0.1, 0.15) is 0 Å². The van der Waals surface area contributed by atoms with E-state index in [1.54, 1.807) is 0 Å². The molecular weight excluding hydrogens is 268 g/mol. The predicted octanol–water partition coefficient (Wildman–Crippen LogP) is 1.78. The first-order valence-corrected chi connectivity index (χ1v) is 6.87. The molecule has 0 amide bonds. The van der Waals surface area contributed by atoms with Crippen LogP contribution in [0.25, 0.3) is 0 Å². The van der Waals surface area contributed by atoms with Gasteiger partial charge in [0.25, 0.3) is 5.56 Å². The van der Waals surface area contributed by atoms with Crippen molar-refractivity contribution in [2.45, 2.75) is 19.9 Å². The molecule has 112 valence electrons. The molecule has 0 bridgehead atoms. The van der Waals surface area contributed by atoms with E-state index in [1.165, 1.54) is 13.4 Å². The first kappa shape index (κ1) is 14.9. The summed E-state index contributed by atoms with van der Waals surface area (Å²) in [5.41, 5.74) is 7.43. The molecule has 0 atom stereocenters. The molecule has 1 aromatic heterocycles. The van der Waals surface area contributed by atoms with Crippen LogP contribution in [0.1, 0.15) is 18.9 Å². The Morgan fingerprint density at radius 3 is 2.81 bits per heavy atom. The Morgan fingerprint density at radius 2 is 2.14 bits per heavy atom. The van der Waals surface area contributed by atoms with E-state index < -0.39 is 0 Å². The normalized spacial score (nSPS) is 10.4. The maximum absolute atomic E-state index is 11.8. The summed E-state index contributed by atoms with van der Waals surface area (Å²) in [6.45, 7) is 3.40. The number of hydrogen-bond acceptors (Lipinski definition) is 5. The van der Waals surface area contributed by atoms with Gasteiger partial charge in [-0.15, -0.1) is 0 Å². The van der Waals surface area contributed by atoms with Crippen LogP contribution in [0.2, 0.25) is 0 Å². The highest BCUT2D eigenvalue weighted by Crippen LogP contribution is 2.24. The highest BCUT2D eigenvalue weighted by atomic mass is 16.5. The number of rotatable bonds is 6. The first-order chi connectivity index (χ1) is 10.2. The third kappa shape index (κ3) is 3.34. The molecule has 6 nitrogen and oxygen atoms in total. The van der Waals surface area contributed by atoms with E-state index >= 15 is 0 Å². The van der Waals surface area contributed by atoms with Gasteiger partial charge in [-0.3, -0.25) is 4.79 Å². The fourth-order valence-electron chi connectivity index (χ4n) is 2.20. The van der Waals surface area contributed by atoms with Crippen molar-refractivity contribution in [2.75, 3.05) is 24.3 Å². The molecule has 0 spiro atoms. The van der Waals surface area contributed by atoms with Crippen LogP contribution in [0.3, 0.4) is 0 Å². The van der Waals surface area contributed by atoms with Crippen molar-refractivity contribution in [2.24, 2.45) is 0 Å². The summed E-state index contributed by atoms with van der Waals surface area (Å²) in [7, 11) is 1.47. The van der Waals surface area contributed by atoms with Crippen LogP contribution in [0.4, 0.5) is 11.5 Å². The number of para-hydroxylation sites is 1. The number of H-pyrrole nitrogens is 1. The zero-order valence-corrected chi connectivity index (χ0v) is 12.3. The number of aromatic amines is 1. The zero-order valence-electron chi connectivity index (χ0n) is 12.3. The van der Waals surface area contributed by atoms with Gasteiger partial charge >= 0.3 is 0 Å². The van der Waals surface area contributed by atoms with Crippen LogP contribution < -0.4 is 20.9 Å². The summed E-state index contributed by atoms with van der Waals surface area (Å²) in [6, 6.07) is 7.67. The zero-order chi connectivity index (χ0) is 15.2. The van der Waals surface area contributed by atoms with E-state index in [9.17, 15) is 4.79 Å². The molecule has 3 N–H and O–H groups in total. The number of methoxy groups -OCH3 is 1. The molecule has 0 fully saturated rings. The van der Waals surface area contributed by atoms with Gasteiger partial charge in [0, 0.05) is 18.8 Å². The summed E-state index contributed by atoms with van der Waals surface area (Å²) >= 11 is 0. The van der Waals surface area contributed by atoms with Crippen molar-refractivity contribution in [3.8, 4) is 5.75 Å². The summed E-state index contributed by atoms with van der Waals surface area (Å²) in [5.74, 6) is 0.756. The van der Waals surface area contributed by atoms with E-state index in [0.717, 1.165) is 24.2 Å². The number of anilines is 2. The van der Waals surface area contributed by atoms with Gasteiger partial charge in [-0.05, 0) is 18.1 Å². The van der Waals surface area contributed by atoms with E-state index in [4.69, 9.17) is 10.5 Å². The maximum atomic E-state index is 11.8. The van der Waals surface area contributed by atoms with Crippen molar-refractivity contribution >= 4 is 11.5 Å². The van der Waals surface area contributed by atoms with Gasteiger partial charge in [0.15, 0.2) is 5.82 Å². The van der Waals surface area contributed by atoms with E-state index in [0.29, 0.717) is 12.4 Å². The van der Waals surface area contributed by atoms with E-state index in [2.05, 4.69) is 16.9 Å². The highest BCUT2D eigenvalue weighted by molar-refractivity contribution is 5.54. The fourth-order valence-corrected chi connectivity index (χ4v) is 2.20. The second-order valence-electron chi connectivity index (χ2n) is 4.71. The lowest BCUT2D eigenvalue weighted by Gasteiger charge is -2.24. The average molecular weight is 288 g/mol. The van der Waals surface area contributed by atoms with Crippen molar-refractivity contribution in [1.29, 1.82) is 0 Å². The topological polar surface area (TPSA) is 84.2 Å². The minimum absolute atomic E-state index is 0.223. The molecule has 2 aromatic rings. The van der Waals surface area contributed by atoms with Crippen molar-refractivity contribution in [3.63, 3.8) is 0 Å². The molecule has 1 heterocycles. The van der Waals surface area contributed by atoms with Crippen molar-refractivity contribution < 1.29 is 4.74 Å². The molecular formula is C15H20N4O2. The SMILES string of the molecule is CCCN(Cc1ccccc1N)c1nc[nH]c(=O)c1OC. The third-order valence-corrected chi connectivity index (χ3v) is 3.21. The number of nitrogens with zero attached hydrogens (tertiary/aromatic N) is 2. The number of nitrogens with one attached hydrogen (secondary N) is 1. The van der Waals surface area contributed by atoms with Gasteiger partial charge in [-0.2, -0.15) is 0 Å². The standard InChI is InChI=1S/C15H20N4O2/c1-3-8-19(9-11-6-4-5-7-12(11)16)14-13(21-2)15(20)18-10-17-14/h4-7,10H,3,8-9,16H2,1-2H3,(H,17,18,20). The number of nitrogen functional groups attached to an aromatic ring is 1. The summed E-state index contributed by atoms with van der Waals surface area (Å²) < 4.78 is 5.19. The number of hydrogen-bond donors (Lipinski definition) is 2. The summed E-state index contributed by atoms with van der Waals surface area (Å²) in [6.07, 6.45) is 2.31. The van der Waals surface area contributed by atoms with E-state index in [-0.39, 0.29) is 11.3 Å². The van der Waals surface area contributed by atoms with Crippen LogP contribution in [0.5, 0.6) is 5.75 Å². The molecule has 2 rings (SSSR count). The lowest BCUT2D eigenvalue weighted by molar-refractivity contribution is 0.405. The van der Waals surface area contributed by atoms with Crippen LogP contribution >= 0.6 is 0 Å². The maximum Gasteiger partial charge on any atom is 0.295 e. The number of ether oxygens (including phenoxy) is 1. The Kier molecular flexibility index (Phi) is 4.81. The Bertz CT molecular complexity index is 654. The minimum Gasteiger partial charge on any atom is -0.489 e. The third-order valence-electron chi connectivity index (χ3n) is 3.21. The Morgan fingerprint density at radius 1 is 1.38 bits per heavy atom.